The smallest absolute Gasteiger partial charge is 0.305 e. The molecule has 11 heteroatoms. The zero-order valence-electron chi connectivity index (χ0n) is 23.4. The third kappa shape index (κ3) is 4.27. The number of carbonyl (C=O) groups is 4. The summed E-state index contributed by atoms with van der Waals surface area (Å²) in [6.07, 6.45) is 0.800. The third-order valence-corrected chi connectivity index (χ3v) is 8.69. The SMILES string of the molecule is COC(=O)CCc1cccc(-c2ccc(O)c3c2C[C@H]2C[C@H]4[C@H](N(C)C)C(O)=C(C(N)=O)C(=O)[C@@]4(O)C(O)=C2C3=O)c1. The molecule has 0 saturated carbocycles. The zero-order chi connectivity index (χ0) is 30.7. The number of aryl methyl sites for hydroxylation is 1. The van der Waals surface area contributed by atoms with Crippen molar-refractivity contribution in [3.8, 4) is 16.9 Å². The molecule has 2 aromatic carbocycles. The summed E-state index contributed by atoms with van der Waals surface area (Å²) in [4.78, 5) is 52.7. The largest absolute Gasteiger partial charge is 0.510 e. The second kappa shape index (κ2) is 10.4. The van der Waals surface area contributed by atoms with Crippen molar-refractivity contribution in [1.82, 2.24) is 4.90 Å². The van der Waals surface area contributed by atoms with E-state index in [0.717, 1.165) is 11.1 Å². The summed E-state index contributed by atoms with van der Waals surface area (Å²) in [7, 11) is 4.48. The number of fused-ring (bicyclic) bond motifs is 3. The number of aromatic hydroxyl groups is 1. The first-order chi connectivity index (χ1) is 19.8. The molecule has 1 amide bonds. The zero-order valence-corrected chi connectivity index (χ0v) is 23.4. The van der Waals surface area contributed by atoms with Crippen LogP contribution in [0.1, 0.15) is 34.3 Å². The lowest BCUT2D eigenvalue weighted by molar-refractivity contribution is -0.148. The fraction of sp³-hybridized carbons (Fsp3) is 0.355. The summed E-state index contributed by atoms with van der Waals surface area (Å²) < 4.78 is 4.73. The van der Waals surface area contributed by atoms with Crippen molar-refractivity contribution in [2.24, 2.45) is 17.6 Å². The molecule has 0 aromatic heterocycles. The van der Waals surface area contributed by atoms with E-state index in [9.17, 15) is 39.6 Å². The Kier molecular flexibility index (Phi) is 7.20. The molecule has 0 saturated heterocycles. The van der Waals surface area contributed by atoms with Crippen LogP contribution in [0, 0.1) is 11.8 Å². The number of allylic oxidation sites excluding steroid dienone is 1. The highest BCUT2D eigenvalue weighted by atomic mass is 16.5. The fourth-order valence-corrected chi connectivity index (χ4v) is 6.76. The average molecular weight is 577 g/mol. The van der Waals surface area contributed by atoms with Gasteiger partial charge in [0.15, 0.2) is 11.4 Å². The number of benzene rings is 2. The number of ketones is 2. The van der Waals surface area contributed by atoms with Gasteiger partial charge in [0.25, 0.3) is 5.91 Å². The molecule has 6 N–H and O–H groups in total. The number of amides is 1. The number of Topliss-reactive ketones (excluding diaryl/α,β-unsaturated/α-hetero) is 2. The van der Waals surface area contributed by atoms with Crippen LogP contribution in [0.2, 0.25) is 0 Å². The van der Waals surface area contributed by atoms with Gasteiger partial charge in [-0.3, -0.25) is 24.1 Å². The molecule has 2 aromatic rings. The summed E-state index contributed by atoms with van der Waals surface area (Å²) >= 11 is 0. The first-order valence-corrected chi connectivity index (χ1v) is 13.5. The molecular formula is C31H32N2O9. The fourth-order valence-electron chi connectivity index (χ4n) is 6.76. The molecule has 220 valence electrons. The number of hydrogen-bond acceptors (Lipinski definition) is 10. The molecule has 42 heavy (non-hydrogen) atoms. The van der Waals surface area contributed by atoms with Gasteiger partial charge in [-0.1, -0.05) is 30.3 Å². The Morgan fingerprint density at radius 2 is 1.83 bits per heavy atom. The van der Waals surface area contributed by atoms with Crippen molar-refractivity contribution >= 4 is 23.4 Å². The average Bonchev–Trinajstić information content (AvgIpc) is 2.93. The van der Waals surface area contributed by atoms with E-state index < -0.39 is 58.0 Å². The van der Waals surface area contributed by atoms with Crippen molar-refractivity contribution in [2.45, 2.75) is 37.3 Å². The lowest BCUT2D eigenvalue weighted by Gasteiger charge is -2.50. The van der Waals surface area contributed by atoms with E-state index in [1.807, 2.05) is 24.3 Å². The minimum atomic E-state index is -2.69. The topological polar surface area (TPSA) is 188 Å². The predicted molar refractivity (Wildman–Crippen MR) is 149 cm³/mol. The van der Waals surface area contributed by atoms with Gasteiger partial charge in [-0.25, -0.2) is 0 Å². The van der Waals surface area contributed by atoms with E-state index in [0.29, 0.717) is 17.5 Å². The molecule has 3 aliphatic carbocycles. The van der Waals surface area contributed by atoms with Crippen LogP contribution in [0.15, 0.2) is 59.1 Å². The number of hydrogen-bond donors (Lipinski definition) is 5. The van der Waals surface area contributed by atoms with E-state index in [-0.39, 0.29) is 42.1 Å². The number of aliphatic hydroxyl groups is 3. The van der Waals surface area contributed by atoms with Gasteiger partial charge < -0.3 is 30.9 Å². The van der Waals surface area contributed by atoms with E-state index in [4.69, 9.17) is 10.5 Å². The summed E-state index contributed by atoms with van der Waals surface area (Å²) in [6.45, 7) is 0. The number of phenolic OH excluding ortho intramolecular Hbond substituents is 1. The molecular weight excluding hydrogens is 544 g/mol. The standard InChI is InChI=1S/C31H32N2O9/c1-33(2)25-19-13-16-12-18-17(15-6-4-5-14(11-15)7-10-21(35)42-3)8-9-20(34)23(18)26(36)22(16)28(38)31(19,41)29(39)24(27(25)37)30(32)40/h4-6,8-9,11,16,19,25,34,37-38,41H,7,10,12-13H2,1-3H3,(H2,32,40)/t16-,19-,25-,31-/m0/s1. The molecule has 0 bridgehead atoms. The number of primary amides is 1. The quantitative estimate of drug-likeness (QED) is 0.251. The number of rotatable bonds is 6. The predicted octanol–water partition coefficient (Wildman–Crippen LogP) is 1.89. The number of esters is 1. The lowest BCUT2D eigenvalue weighted by atomic mass is 9.58. The van der Waals surface area contributed by atoms with Crippen molar-refractivity contribution in [3.63, 3.8) is 0 Å². The van der Waals surface area contributed by atoms with Gasteiger partial charge in [-0.05, 0) is 67.6 Å². The Morgan fingerprint density at radius 3 is 2.48 bits per heavy atom. The van der Waals surface area contributed by atoms with Crippen LogP contribution in [0.3, 0.4) is 0 Å². The van der Waals surface area contributed by atoms with Crippen molar-refractivity contribution in [2.75, 3.05) is 21.2 Å². The Morgan fingerprint density at radius 1 is 1.12 bits per heavy atom. The molecule has 0 aliphatic heterocycles. The lowest BCUT2D eigenvalue weighted by Crippen LogP contribution is -2.63. The number of aliphatic hydroxyl groups excluding tert-OH is 2. The second-order valence-corrected chi connectivity index (χ2v) is 11.2. The molecule has 0 heterocycles. The van der Waals surface area contributed by atoms with Crippen LogP contribution in [0.25, 0.3) is 11.1 Å². The van der Waals surface area contributed by atoms with Crippen LogP contribution in [0.5, 0.6) is 5.75 Å². The molecule has 5 rings (SSSR count). The Hall–Kier alpha value is -4.48. The van der Waals surface area contributed by atoms with E-state index in [1.54, 1.807) is 20.2 Å². The van der Waals surface area contributed by atoms with Crippen LogP contribution in [-0.2, 0) is 32.0 Å². The molecule has 0 radical (unpaired) electrons. The normalized spacial score (nSPS) is 25.2. The maximum atomic E-state index is 13.9. The minimum Gasteiger partial charge on any atom is -0.510 e. The van der Waals surface area contributed by atoms with Gasteiger partial charge >= 0.3 is 5.97 Å². The van der Waals surface area contributed by atoms with Gasteiger partial charge in [0, 0.05) is 17.9 Å². The number of carbonyl (C=O) groups excluding carboxylic acids is 4. The Balaban J connectivity index is 1.64. The maximum absolute atomic E-state index is 13.9. The summed E-state index contributed by atoms with van der Waals surface area (Å²) in [6, 6.07) is 9.42. The number of phenols is 1. The van der Waals surface area contributed by atoms with Crippen LogP contribution in [-0.4, -0.2) is 81.6 Å². The monoisotopic (exact) mass is 576 g/mol. The molecule has 0 fully saturated rings. The van der Waals surface area contributed by atoms with Gasteiger partial charge in [0.1, 0.15) is 22.8 Å². The summed E-state index contributed by atoms with van der Waals surface area (Å²) in [5.74, 6) is -7.28. The van der Waals surface area contributed by atoms with Gasteiger partial charge in [0.2, 0.25) is 5.78 Å². The van der Waals surface area contributed by atoms with E-state index in [2.05, 4.69) is 0 Å². The summed E-state index contributed by atoms with van der Waals surface area (Å²) in [5.41, 5.74) is 4.37. The number of methoxy groups -OCH3 is 1. The van der Waals surface area contributed by atoms with Crippen molar-refractivity contribution in [1.29, 1.82) is 0 Å². The number of nitrogens with zero attached hydrogens (tertiary/aromatic N) is 1. The van der Waals surface area contributed by atoms with Gasteiger partial charge in [0.05, 0.1) is 18.7 Å². The summed E-state index contributed by atoms with van der Waals surface area (Å²) in [5, 5.41) is 44.9. The third-order valence-electron chi connectivity index (χ3n) is 8.69. The van der Waals surface area contributed by atoms with Gasteiger partial charge in [-0.15, -0.1) is 0 Å². The number of ether oxygens (including phenoxy) is 1. The highest BCUT2D eigenvalue weighted by molar-refractivity contribution is 6.24. The second-order valence-electron chi connectivity index (χ2n) is 11.2. The number of likely N-dealkylation sites (N-methyl/N-ethyl adjacent to an activating group) is 1. The highest BCUT2D eigenvalue weighted by Crippen LogP contribution is 2.53. The Bertz CT molecular complexity index is 1610. The van der Waals surface area contributed by atoms with Crippen LogP contribution < -0.4 is 5.73 Å². The first kappa shape index (κ1) is 29.0. The van der Waals surface area contributed by atoms with Crippen LogP contribution >= 0.6 is 0 Å². The van der Waals surface area contributed by atoms with E-state index in [1.165, 1.54) is 18.1 Å². The van der Waals surface area contributed by atoms with Gasteiger partial charge in [-0.2, -0.15) is 0 Å². The molecule has 3 aliphatic rings. The molecule has 0 spiro atoms. The van der Waals surface area contributed by atoms with E-state index >= 15 is 0 Å². The highest BCUT2D eigenvalue weighted by Gasteiger charge is 2.63. The molecule has 4 atom stereocenters. The maximum Gasteiger partial charge on any atom is 0.305 e. The van der Waals surface area contributed by atoms with Crippen molar-refractivity contribution < 1.29 is 44.3 Å². The van der Waals surface area contributed by atoms with Crippen molar-refractivity contribution in [3.05, 3.63) is 75.8 Å². The minimum absolute atomic E-state index is 0.0000269. The Labute approximate surface area is 241 Å². The molecule has 0 unspecified atom stereocenters. The molecule has 11 nitrogen and oxygen atoms in total. The number of nitrogens with two attached hydrogens (primary N) is 1. The first-order valence-electron chi connectivity index (χ1n) is 13.5. The van der Waals surface area contributed by atoms with Crippen LogP contribution in [0.4, 0.5) is 0 Å².